The van der Waals surface area contributed by atoms with Crippen molar-refractivity contribution >= 4 is 21.9 Å². The Balaban J connectivity index is 0.00000126. The summed E-state index contributed by atoms with van der Waals surface area (Å²) in [4.78, 5) is 4.79. The minimum atomic E-state index is 0. The van der Waals surface area contributed by atoms with Gasteiger partial charge >= 0.3 is 42.7 Å². The van der Waals surface area contributed by atoms with E-state index in [-0.39, 0.29) is 20.1 Å². The van der Waals surface area contributed by atoms with Crippen molar-refractivity contribution in [1.82, 2.24) is 4.98 Å². The molecule has 8 aromatic carbocycles. The molecule has 66 heavy (non-hydrogen) atoms. The molecule has 320 valence electrons. The molecule has 10 aromatic rings. The van der Waals surface area contributed by atoms with Crippen molar-refractivity contribution in [2.24, 2.45) is 0 Å². The smallest absolute Gasteiger partial charge is 3.00 e. The number of aryl methyl sites for hydroxylation is 6. The van der Waals surface area contributed by atoms with Crippen LogP contribution >= 0.6 is 0 Å². The van der Waals surface area contributed by atoms with Gasteiger partial charge in [-0.25, -0.2) is 0 Å². The molecule has 0 radical (unpaired) electrons. The Labute approximate surface area is 400 Å². The first-order valence-corrected chi connectivity index (χ1v) is 21.6. The monoisotopic (exact) mass is 1030 g/mol. The molecule has 5 heteroatoms. The Bertz CT molecular complexity index is 3200. The van der Waals surface area contributed by atoms with E-state index in [0.717, 1.165) is 81.1 Å². The molecule has 0 saturated heterocycles. The minimum absolute atomic E-state index is 0. The zero-order valence-electron chi connectivity index (χ0n) is 36.7. The molecule has 0 amide bonds. The molecule has 2 aromatic heterocycles. The van der Waals surface area contributed by atoms with E-state index in [4.69, 9.17) is 18.7 Å². The first-order chi connectivity index (χ1) is 32.0. The molecule has 10 rings (SSSR count). The van der Waals surface area contributed by atoms with Crippen LogP contribution in [0.15, 0.2) is 187 Å². The van der Waals surface area contributed by atoms with Gasteiger partial charge in [0.05, 0.1) is 0 Å². The fourth-order valence-electron chi connectivity index (χ4n) is 8.65. The van der Waals surface area contributed by atoms with E-state index < -0.39 is 0 Å². The Kier molecular flexibility index (Phi) is 15.7. The van der Waals surface area contributed by atoms with E-state index in [0.29, 0.717) is 0 Å². The first kappa shape index (κ1) is 46.8. The van der Waals surface area contributed by atoms with Crippen molar-refractivity contribution in [3.63, 3.8) is 0 Å². The summed E-state index contributed by atoms with van der Waals surface area (Å²) in [7, 11) is 0. The predicted octanol–water partition coefficient (Wildman–Crippen LogP) is 14.8. The van der Waals surface area contributed by atoms with Crippen molar-refractivity contribution in [3.05, 3.63) is 247 Å². The molecule has 0 bridgehead atoms. The van der Waals surface area contributed by atoms with Gasteiger partial charge in [0, 0.05) is 17.0 Å². The normalized spacial score (nSPS) is 10.6. The second kappa shape index (κ2) is 22.2. The number of rotatable bonds is 11. The maximum atomic E-state index is 7.50. The van der Waals surface area contributed by atoms with E-state index in [1.54, 1.807) is 0 Å². The quantitative estimate of drug-likeness (QED) is 0.0957. The largest absolute Gasteiger partial charge is 3.00 e. The van der Waals surface area contributed by atoms with Crippen LogP contribution in [0, 0.1) is 45.3 Å². The van der Waals surface area contributed by atoms with Gasteiger partial charge in [0.25, 0.3) is 0 Å². The van der Waals surface area contributed by atoms with Crippen LogP contribution in [0.4, 0.5) is 0 Å². The van der Waals surface area contributed by atoms with Crippen LogP contribution in [0.2, 0.25) is 0 Å². The molecule has 0 N–H and O–H groups in total. The Morgan fingerprint density at radius 2 is 0.970 bits per heavy atom. The van der Waals surface area contributed by atoms with Gasteiger partial charge < -0.3 is 9.40 Å². The van der Waals surface area contributed by atoms with Crippen molar-refractivity contribution in [2.45, 2.75) is 39.5 Å². The molecule has 0 atom stereocenters. The maximum absolute atomic E-state index is 7.50. The molecule has 0 aliphatic rings. The average molecular weight is 1030 g/mol. The fraction of sp³-hybridized carbons (Fsp3) is 0.0984. The molecule has 2 heterocycles. The molecule has 0 unspecified atom stereocenters. The summed E-state index contributed by atoms with van der Waals surface area (Å²) in [6.07, 6.45) is 5.77. The van der Waals surface area contributed by atoms with Crippen molar-refractivity contribution in [2.75, 3.05) is 0 Å². The molecule has 0 saturated carbocycles. The summed E-state index contributed by atoms with van der Waals surface area (Å²) in [6.45, 7) is 13.3. The van der Waals surface area contributed by atoms with Gasteiger partial charge in [-0.15, -0.1) is 29.8 Å². The third kappa shape index (κ3) is 10.8. The number of pyridine rings is 1. The number of hydrogen-bond acceptors (Lipinski definition) is 2. The van der Waals surface area contributed by atoms with E-state index in [1.165, 1.54) is 55.6 Å². The molecular weight excluding hydrogens is 987 g/mol. The molecular formula is C61H44IrNO3. The van der Waals surface area contributed by atoms with Crippen LogP contribution in [-0.2, 0) is 55.1 Å². The third-order valence-electron chi connectivity index (χ3n) is 11.8. The molecule has 0 aliphatic heterocycles. The fourth-order valence-corrected chi connectivity index (χ4v) is 8.65. The molecule has 0 aliphatic carbocycles. The Morgan fingerprint density at radius 1 is 0.455 bits per heavy atom. The molecule has 0 fully saturated rings. The van der Waals surface area contributed by atoms with Gasteiger partial charge in [-0.2, -0.15) is 70.8 Å². The SMILES string of the molecule is Cc1c[c-]cc(CCc2cc(CCc3c[c-]cc(C)c3)cc(-c3ccccc3-c3c[c-]c(-c4cc(-c5ccc6c(c5)oc5cc(-c7ccccc7)ccc56)ccn4)cc3)c2)c1.[C-]#[O+].[C-]#[O+].[Ir+3]. The number of nitrogens with zero attached hydrogens (tertiary/aromatic N) is 1. The summed E-state index contributed by atoms with van der Waals surface area (Å²) in [5.74, 6) is 0. The van der Waals surface area contributed by atoms with Crippen LogP contribution in [0.5, 0.6) is 0 Å². The maximum Gasteiger partial charge on any atom is 3.00 e. The number of aromatic nitrogens is 1. The van der Waals surface area contributed by atoms with Crippen molar-refractivity contribution < 1.29 is 33.8 Å². The van der Waals surface area contributed by atoms with Gasteiger partial charge in [0.15, 0.2) is 0 Å². The third-order valence-corrected chi connectivity index (χ3v) is 11.8. The van der Waals surface area contributed by atoms with Crippen molar-refractivity contribution in [3.8, 4) is 55.8 Å². The molecule has 4 nitrogen and oxygen atoms in total. The average Bonchev–Trinajstić information content (AvgIpc) is 3.74. The summed E-state index contributed by atoms with van der Waals surface area (Å²) < 4.78 is 21.4. The van der Waals surface area contributed by atoms with Gasteiger partial charge in [-0.1, -0.05) is 129 Å². The van der Waals surface area contributed by atoms with Crippen LogP contribution in [0.1, 0.15) is 33.4 Å². The van der Waals surface area contributed by atoms with Crippen LogP contribution in [-0.4, -0.2) is 4.98 Å². The second-order valence-electron chi connectivity index (χ2n) is 16.2. The number of fused-ring (bicyclic) bond motifs is 3. The summed E-state index contributed by atoms with van der Waals surface area (Å²) in [5, 5.41) is 2.23. The van der Waals surface area contributed by atoms with Gasteiger partial charge in [-0.05, 0) is 93.4 Å². The topological polar surface area (TPSA) is 65.8 Å². The van der Waals surface area contributed by atoms with Gasteiger partial charge in [0.1, 0.15) is 11.2 Å². The Hall–Kier alpha value is -7.16. The van der Waals surface area contributed by atoms with Crippen molar-refractivity contribution in [1.29, 1.82) is 0 Å². The number of benzene rings is 8. The minimum Gasteiger partial charge on any atom is 3.00 e. The zero-order valence-corrected chi connectivity index (χ0v) is 39.0. The number of hydrogen-bond donors (Lipinski definition) is 0. The van der Waals surface area contributed by atoms with Crippen LogP contribution in [0.25, 0.3) is 77.7 Å². The van der Waals surface area contributed by atoms with Gasteiger partial charge in [0.2, 0.25) is 0 Å². The zero-order chi connectivity index (χ0) is 45.1. The summed E-state index contributed by atoms with van der Waals surface area (Å²) in [5.41, 5.74) is 20.7. The first-order valence-electron chi connectivity index (χ1n) is 21.6. The van der Waals surface area contributed by atoms with Gasteiger partial charge in [-0.3, -0.25) is 0 Å². The summed E-state index contributed by atoms with van der Waals surface area (Å²) in [6, 6.07) is 73.1. The van der Waals surface area contributed by atoms with E-state index >= 15 is 0 Å². The molecule has 0 spiro atoms. The van der Waals surface area contributed by atoms with Crippen LogP contribution < -0.4 is 0 Å². The standard InChI is InChI=1S/C59H44NO.2CO.Ir/c1-40-10-8-12-42(32-40)18-20-44-34-45(21-19-43-13-9-11-41(2)33-43)36-52(35-44)54-17-7-6-16-53(54)47-22-24-48(25-23-47)57-37-51(30-31-60-57)50-27-29-56-55-28-26-49(46-14-4-3-5-15-46)38-58(55)61-59(56)39-50;2*1-2;/h3-7,10-17,22-24,26-39H,18-21H2,1-2H3;;;/q-3;;;+3. The predicted molar refractivity (Wildman–Crippen MR) is 260 cm³/mol. The van der Waals surface area contributed by atoms with E-state index in [2.05, 4.69) is 203 Å². The number of furan rings is 1. The Morgan fingerprint density at radius 3 is 1.53 bits per heavy atom. The summed E-state index contributed by atoms with van der Waals surface area (Å²) >= 11 is 0. The second-order valence-corrected chi connectivity index (χ2v) is 16.2. The van der Waals surface area contributed by atoms with Crippen LogP contribution in [0.3, 0.4) is 0 Å². The van der Waals surface area contributed by atoms with E-state index in [1.807, 2.05) is 24.4 Å². The van der Waals surface area contributed by atoms with E-state index in [9.17, 15) is 0 Å².